The van der Waals surface area contributed by atoms with Gasteiger partial charge in [0.1, 0.15) is 11.2 Å². The number of hydrogen-bond donors (Lipinski definition) is 2. The van der Waals surface area contributed by atoms with E-state index in [0.717, 1.165) is 32.0 Å². The molecule has 0 radical (unpaired) electrons. The predicted octanol–water partition coefficient (Wildman–Crippen LogP) is 1.01. The molecule has 1 fully saturated rings. The third-order valence-electron chi connectivity index (χ3n) is 5.42. The van der Waals surface area contributed by atoms with Gasteiger partial charge in [0.15, 0.2) is 0 Å². The number of nitrogens with zero attached hydrogens (tertiary/aromatic N) is 7. The van der Waals surface area contributed by atoms with E-state index >= 15 is 0 Å². The largest absolute Gasteiger partial charge is 0.285 e. The maximum absolute atomic E-state index is 11.6. The first-order valence-corrected chi connectivity index (χ1v) is 10.9. The fourth-order valence-corrected chi connectivity index (χ4v) is 4.67. The molecule has 4 aromatic rings. The summed E-state index contributed by atoms with van der Waals surface area (Å²) in [5.41, 5.74) is 2.96. The van der Waals surface area contributed by atoms with Crippen molar-refractivity contribution in [3.05, 3.63) is 48.9 Å². The molecule has 1 aliphatic heterocycles. The lowest BCUT2D eigenvalue weighted by Crippen LogP contribution is -2.65. The average Bonchev–Trinajstić information content (AvgIpc) is 3.41. The smallest absolute Gasteiger partial charge is 0.277 e. The summed E-state index contributed by atoms with van der Waals surface area (Å²) in [6.07, 6.45) is 5.13. The zero-order valence-electron chi connectivity index (χ0n) is 16.2. The Bertz CT molecular complexity index is 1410. The van der Waals surface area contributed by atoms with Crippen molar-refractivity contribution in [3.63, 3.8) is 0 Å². The van der Waals surface area contributed by atoms with Crippen molar-refractivity contribution in [2.24, 2.45) is 5.14 Å². The summed E-state index contributed by atoms with van der Waals surface area (Å²) in [6.45, 7) is 0.0895. The molecule has 5 rings (SSSR count). The molecule has 1 aromatic carbocycles. The maximum atomic E-state index is 11.6. The predicted molar refractivity (Wildman–Crippen MR) is 111 cm³/mol. The minimum absolute atomic E-state index is 0.0448. The number of H-pyrrole nitrogens is 1. The molecule has 1 saturated heterocycles. The van der Waals surface area contributed by atoms with E-state index in [1.807, 2.05) is 30.3 Å². The van der Waals surface area contributed by atoms with Gasteiger partial charge in [0.2, 0.25) is 0 Å². The molecule has 3 N–H and O–H groups in total. The van der Waals surface area contributed by atoms with E-state index in [0.29, 0.717) is 5.69 Å². The molecule has 0 unspecified atom stereocenters. The van der Waals surface area contributed by atoms with Crippen LogP contribution < -0.4 is 5.14 Å². The van der Waals surface area contributed by atoms with E-state index in [2.05, 4.69) is 31.4 Å². The second-order valence-electron chi connectivity index (χ2n) is 7.44. The van der Waals surface area contributed by atoms with Crippen LogP contribution in [-0.2, 0) is 15.7 Å². The highest BCUT2D eigenvalue weighted by atomic mass is 32.2. The number of nitriles is 1. The average molecular weight is 435 g/mol. The lowest BCUT2D eigenvalue weighted by Gasteiger charge is -2.45. The normalized spacial score (nSPS) is 16.1. The van der Waals surface area contributed by atoms with E-state index in [1.54, 1.807) is 18.6 Å². The van der Waals surface area contributed by atoms with Crippen molar-refractivity contribution in [1.82, 2.24) is 34.5 Å². The molecule has 0 saturated carbocycles. The second-order valence-corrected chi connectivity index (χ2v) is 8.99. The summed E-state index contributed by atoms with van der Waals surface area (Å²) < 4.78 is 24.3. The number of nitrogens with two attached hydrogens (primary N) is 1. The lowest BCUT2D eigenvalue weighted by atomic mass is 9.90. The summed E-state index contributed by atoms with van der Waals surface area (Å²) in [5.74, 6) is 0. The van der Waals surface area contributed by atoms with Crippen molar-refractivity contribution in [2.45, 2.75) is 12.0 Å². The van der Waals surface area contributed by atoms with Crippen molar-refractivity contribution in [2.75, 3.05) is 13.1 Å². The SMILES string of the molecule is N#CCC1(n2ncc(-c3cc(-c4cc[nH]n4)cc4ncccc34)n2)CN(S(N)(=O)=O)C1. The Kier molecular flexibility index (Phi) is 4.33. The quantitative estimate of drug-likeness (QED) is 0.473. The molecule has 12 heteroatoms. The summed E-state index contributed by atoms with van der Waals surface area (Å²) in [4.78, 5) is 5.89. The molecule has 156 valence electrons. The van der Waals surface area contributed by atoms with Gasteiger partial charge in [0, 0.05) is 42.0 Å². The van der Waals surface area contributed by atoms with Gasteiger partial charge in [-0.3, -0.25) is 10.1 Å². The molecular formula is C19H17N9O2S. The number of aromatic nitrogens is 6. The number of benzene rings is 1. The molecule has 0 aliphatic carbocycles. The highest BCUT2D eigenvalue weighted by molar-refractivity contribution is 7.86. The van der Waals surface area contributed by atoms with Crippen LogP contribution in [0.5, 0.6) is 0 Å². The highest BCUT2D eigenvalue weighted by Crippen LogP contribution is 2.35. The lowest BCUT2D eigenvalue weighted by molar-refractivity contribution is 0.0573. The van der Waals surface area contributed by atoms with E-state index in [9.17, 15) is 13.7 Å². The van der Waals surface area contributed by atoms with Crippen molar-refractivity contribution in [1.29, 1.82) is 5.26 Å². The van der Waals surface area contributed by atoms with Crippen LogP contribution in [0.2, 0.25) is 0 Å². The molecule has 0 bridgehead atoms. The summed E-state index contributed by atoms with van der Waals surface area (Å²) in [5, 5.41) is 31.4. The molecule has 4 heterocycles. The summed E-state index contributed by atoms with van der Waals surface area (Å²) in [6, 6.07) is 11.7. The van der Waals surface area contributed by atoms with Gasteiger partial charge in [0.25, 0.3) is 10.2 Å². The van der Waals surface area contributed by atoms with Crippen LogP contribution in [0.15, 0.2) is 48.9 Å². The van der Waals surface area contributed by atoms with Crippen molar-refractivity contribution in [3.8, 4) is 28.6 Å². The van der Waals surface area contributed by atoms with Gasteiger partial charge in [-0.25, -0.2) is 5.14 Å². The molecule has 31 heavy (non-hydrogen) atoms. The first-order valence-electron chi connectivity index (χ1n) is 9.37. The van der Waals surface area contributed by atoms with Gasteiger partial charge >= 0.3 is 0 Å². The molecule has 0 spiro atoms. The van der Waals surface area contributed by atoms with Gasteiger partial charge < -0.3 is 0 Å². The van der Waals surface area contributed by atoms with E-state index in [4.69, 9.17) is 5.14 Å². The Balaban J connectivity index is 1.59. The van der Waals surface area contributed by atoms with E-state index < -0.39 is 15.7 Å². The summed E-state index contributed by atoms with van der Waals surface area (Å²) >= 11 is 0. The van der Waals surface area contributed by atoms with Gasteiger partial charge in [-0.2, -0.15) is 38.1 Å². The maximum Gasteiger partial charge on any atom is 0.277 e. The number of fused-ring (bicyclic) bond motifs is 1. The zero-order chi connectivity index (χ0) is 21.6. The first-order chi connectivity index (χ1) is 14.9. The topological polar surface area (TPSA) is 159 Å². The van der Waals surface area contributed by atoms with Crippen molar-refractivity contribution >= 4 is 21.1 Å². The van der Waals surface area contributed by atoms with Crippen LogP contribution in [0.25, 0.3) is 33.4 Å². The fourth-order valence-electron chi connectivity index (χ4n) is 3.82. The van der Waals surface area contributed by atoms with Crippen LogP contribution in [0, 0.1) is 11.3 Å². The summed E-state index contributed by atoms with van der Waals surface area (Å²) in [7, 11) is -3.83. The minimum atomic E-state index is -3.83. The van der Waals surface area contributed by atoms with Crippen LogP contribution in [0.1, 0.15) is 6.42 Å². The van der Waals surface area contributed by atoms with Crippen molar-refractivity contribution < 1.29 is 8.42 Å². The number of hydrogen-bond acceptors (Lipinski definition) is 7. The minimum Gasteiger partial charge on any atom is -0.285 e. The Hall–Kier alpha value is -3.66. The van der Waals surface area contributed by atoms with E-state index in [-0.39, 0.29) is 19.5 Å². The van der Waals surface area contributed by atoms with Crippen LogP contribution >= 0.6 is 0 Å². The Morgan fingerprint density at radius 2 is 2.10 bits per heavy atom. The number of nitrogens with one attached hydrogen (secondary N) is 1. The number of rotatable bonds is 5. The highest BCUT2D eigenvalue weighted by Gasteiger charge is 2.50. The van der Waals surface area contributed by atoms with Crippen LogP contribution in [-0.4, -0.2) is 56.0 Å². The molecule has 11 nitrogen and oxygen atoms in total. The number of aromatic amines is 1. The Labute approximate surface area is 177 Å². The van der Waals surface area contributed by atoms with E-state index in [1.165, 1.54) is 4.80 Å². The number of pyridine rings is 1. The monoisotopic (exact) mass is 435 g/mol. The van der Waals surface area contributed by atoms with Gasteiger partial charge in [0.05, 0.1) is 29.9 Å². The Morgan fingerprint density at radius 3 is 2.81 bits per heavy atom. The third-order valence-corrected chi connectivity index (χ3v) is 6.40. The zero-order valence-corrected chi connectivity index (χ0v) is 17.0. The Morgan fingerprint density at radius 1 is 1.26 bits per heavy atom. The van der Waals surface area contributed by atoms with Gasteiger partial charge in [-0.15, -0.1) is 0 Å². The van der Waals surface area contributed by atoms with Crippen LogP contribution in [0.4, 0.5) is 0 Å². The van der Waals surface area contributed by atoms with Gasteiger partial charge in [-0.1, -0.05) is 6.07 Å². The van der Waals surface area contributed by atoms with Crippen LogP contribution in [0.3, 0.4) is 0 Å². The molecule has 0 amide bonds. The molecule has 0 atom stereocenters. The standard InChI is InChI=1S/C19H17N9O2S/c20-5-4-19(11-27(12-19)31(21,29)30)28-24-10-18(26-28)15-8-13(16-3-7-23-25-16)9-17-14(15)2-1-6-22-17/h1-3,6-10H,4,11-12H2,(H,23,25)(H2,21,29,30). The third kappa shape index (κ3) is 3.25. The molecule has 1 aliphatic rings. The second kappa shape index (κ2) is 6.95. The first kappa shape index (κ1) is 19.3. The van der Waals surface area contributed by atoms with Gasteiger partial charge in [-0.05, 0) is 24.3 Å². The molecule has 3 aromatic heterocycles. The molecular weight excluding hydrogens is 418 g/mol. The fraction of sp³-hybridized carbons (Fsp3) is 0.211.